The molecule has 0 amide bonds. The van der Waals surface area contributed by atoms with Gasteiger partial charge in [-0.2, -0.15) is 0 Å². The number of halogens is 1. The number of hydrogen-bond acceptors (Lipinski definition) is 3. The fourth-order valence-corrected chi connectivity index (χ4v) is 1.21. The fourth-order valence-electron chi connectivity index (χ4n) is 0.951. The van der Waals surface area contributed by atoms with E-state index in [0.29, 0.717) is 10.7 Å². The zero-order chi connectivity index (χ0) is 9.14. The van der Waals surface area contributed by atoms with E-state index in [2.05, 4.69) is 4.98 Å². The Kier molecular flexibility index (Phi) is 3.03. The molecule has 1 atom stereocenters. The van der Waals surface area contributed by atoms with E-state index >= 15 is 0 Å². The molecule has 0 fully saturated rings. The van der Waals surface area contributed by atoms with Gasteiger partial charge >= 0.3 is 0 Å². The van der Waals surface area contributed by atoms with Crippen molar-refractivity contribution in [2.24, 2.45) is 0 Å². The Morgan fingerprint density at radius 2 is 2.25 bits per heavy atom. The highest BCUT2D eigenvalue weighted by molar-refractivity contribution is 6.29. The highest BCUT2D eigenvalue weighted by Gasteiger charge is 2.07. The second-order valence-corrected chi connectivity index (χ2v) is 2.95. The van der Waals surface area contributed by atoms with Crippen LogP contribution in [0.2, 0.25) is 5.15 Å². The van der Waals surface area contributed by atoms with Crippen LogP contribution >= 0.6 is 11.6 Å². The first-order valence-electron chi connectivity index (χ1n) is 3.56. The van der Waals surface area contributed by atoms with E-state index in [9.17, 15) is 5.11 Å². The summed E-state index contributed by atoms with van der Waals surface area (Å²) >= 11 is 5.65. The summed E-state index contributed by atoms with van der Waals surface area (Å²) in [7, 11) is 0. The van der Waals surface area contributed by atoms with E-state index in [0.717, 1.165) is 5.69 Å². The molecule has 1 aromatic heterocycles. The third kappa shape index (κ3) is 2.17. The van der Waals surface area contributed by atoms with Crippen LogP contribution in [0.5, 0.6) is 0 Å². The highest BCUT2D eigenvalue weighted by atomic mass is 35.5. The van der Waals surface area contributed by atoms with Crippen LogP contribution in [0.3, 0.4) is 0 Å². The number of pyridine rings is 1. The molecular formula is C8H10ClNO2. The van der Waals surface area contributed by atoms with Gasteiger partial charge in [0.25, 0.3) is 0 Å². The Labute approximate surface area is 75.6 Å². The lowest BCUT2D eigenvalue weighted by molar-refractivity contribution is 0.0955. The quantitative estimate of drug-likeness (QED) is 0.681. The molecule has 1 rings (SSSR count). The van der Waals surface area contributed by atoms with Gasteiger partial charge in [0.1, 0.15) is 11.3 Å². The van der Waals surface area contributed by atoms with E-state index < -0.39 is 6.10 Å². The van der Waals surface area contributed by atoms with Crippen LogP contribution < -0.4 is 0 Å². The molecule has 0 saturated carbocycles. The van der Waals surface area contributed by atoms with E-state index in [1.165, 1.54) is 6.07 Å². The molecule has 4 heteroatoms. The van der Waals surface area contributed by atoms with Crippen molar-refractivity contribution in [3.63, 3.8) is 0 Å². The van der Waals surface area contributed by atoms with E-state index in [-0.39, 0.29) is 6.61 Å². The Bertz CT molecular complexity index is 258. The summed E-state index contributed by atoms with van der Waals surface area (Å²) < 4.78 is 0. The van der Waals surface area contributed by atoms with Gasteiger partial charge in [0.2, 0.25) is 0 Å². The van der Waals surface area contributed by atoms with Gasteiger partial charge in [0.15, 0.2) is 0 Å². The molecule has 1 heterocycles. The van der Waals surface area contributed by atoms with Crippen LogP contribution in [0, 0.1) is 6.92 Å². The smallest absolute Gasteiger partial charge is 0.129 e. The minimum Gasteiger partial charge on any atom is -0.393 e. The van der Waals surface area contributed by atoms with Gasteiger partial charge in [-0.25, -0.2) is 4.98 Å². The van der Waals surface area contributed by atoms with Crippen LogP contribution in [-0.4, -0.2) is 21.8 Å². The van der Waals surface area contributed by atoms with Gasteiger partial charge in [0.05, 0.1) is 6.61 Å². The SMILES string of the molecule is Cc1cc(C(O)CO)cc(Cl)n1. The number of rotatable bonds is 2. The van der Waals surface area contributed by atoms with Crippen molar-refractivity contribution in [2.75, 3.05) is 6.61 Å². The summed E-state index contributed by atoms with van der Waals surface area (Å²) in [5.74, 6) is 0. The number of aromatic nitrogens is 1. The van der Waals surface area contributed by atoms with Crippen LogP contribution in [0.15, 0.2) is 12.1 Å². The van der Waals surface area contributed by atoms with Crippen molar-refractivity contribution < 1.29 is 10.2 Å². The molecular weight excluding hydrogens is 178 g/mol. The molecule has 12 heavy (non-hydrogen) atoms. The molecule has 0 bridgehead atoms. The van der Waals surface area contributed by atoms with Gasteiger partial charge in [-0.1, -0.05) is 11.6 Å². The molecule has 0 aromatic carbocycles. The summed E-state index contributed by atoms with van der Waals surface area (Å²) in [6.45, 7) is 1.47. The predicted molar refractivity (Wildman–Crippen MR) is 46.0 cm³/mol. The van der Waals surface area contributed by atoms with Crippen molar-refractivity contribution >= 4 is 11.6 Å². The van der Waals surface area contributed by atoms with E-state index in [1.54, 1.807) is 13.0 Å². The number of hydrogen-bond donors (Lipinski definition) is 2. The third-order valence-electron chi connectivity index (χ3n) is 1.50. The number of aliphatic hydroxyl groups is 2. The summed E-state index contributed by atoms with van der Waals surface area (Å²) in [4.78, 5) is 3.92. The second-order valence-electron chi connectivity index (χ2n) is 2.56. The normalized spacial score (nSPS) is 13.0. The topological polar surface area (TPSA) is 53.4 Å². The molecule has 0 aliphatic carbocycles. The van der Waals surface area contributed by atoms with Crippen molar-refractivity contribution in [3.8, 4) is 0 Å². The first-order chi connectivity index (χ1) is 5.63. The average Bonchev–Trinajstić information content (AvgIpc) is 2.01. The lowest BCUT2D eigenvalue weighted by atomic mass is 10.1. The zero-order valence-corrected chi connectivity index (χ0v) is 7.41. The molecule has 0 aliphatic rings. The second kappa shape index (κ2) is 3.85. The van der Waals surface area contributed by atoms with E-state index in [1.807, 2.05) is 0 Å². The van der Waals surface area contributed by atoms with Crippen molar-refractivity contribution in [1.82, 2.24) is 4.98 Å². The maximum atomic E-state index is 9.24. The minimum atomic E-state index is -0.871. The monoisotopic (exact) mass is 187 g/mol. The number of nitrogens with zero attached hydrogens (tertiary/aromatic N) is 1. The lowest BCUT2D eigenvalue weighted by Gasteiger charge is -2.07. The lowest BCUT2D eigenvalue weighted by Crippen LogP contribution is -2.03. The van der Waals surface area contributed by atoms with Gasteiger partial charge < -0.3 is 10.2 Å². The van der Waals surface area contributed by atoms with E-state index in [4.69, 9.17) is 16.7 Å². The first-order valence-corrected chi connectivity index (χ1v) is 3.94. The Balaban J connectivity index is 3.00. The maximum absolute atomic E-state index is 9.24. The molecule has 0 spiro atoms. The standard InChI is InChI=1S/C8H10ClNO2/c1-5-2-6(7(12)4-11)3-8(9)10-5/h2-3,7,11-12H,4H2,1H3. The predicted octanol–water partition coefficient (Wildman–Crippen LogP) is 1.07. The van der Waals surface area contributed by atoms with Crippen LogP contribution in [0.25, 0.3) is 0 Å². The summed E-state index contributed by atoms with van der Waals surface area (Å²) in [6, 6.07) is 3.22. The number of aryl methyl sites for hydroxylation is 1. The fraction of sp³-hybridized carbons (Fsp3) is 0.375. The summed E-state index contributed by atoms with van der Waals surface area (Å²) in [5, 5.41) is 18.2. The molecule has 1 aromatic rings. The third-order valence-corrected chi connectivity index (χ3v) is 1.70. The molecule has 0 aliphatic heterocycles. The molecule has 0 radical (unpaired) electrons. The Morgan fingerprint density at radius 1 is 1.58 bits per heavy atom. The Morgan fingerprint density at radius 3 is 2.75 bits per heavy atom. The molecule has 2 N–H and O–H groups in total. The van der Waals surface area contributed by atoms with Gasteiger partial charge in [0, 0.05) is 5.69 Å². The van der Waals surface area contributed by atoms with Crippen LogP contribution in [0.4, 0.5) is 0 Å². The summed E-state index contributed by atoms with van der Waals surface area (Å²) in [6.07, 6.45) is -0.871. The van der Waals surface area contributed by atoms with Crippen LogP contribution in [0.1, 0.15) is 17.4 Å². The molecule has 66 valence electrons. The van der Waals surface area contributed by atoms with Crippen molar-refractivity contribution in [3.05, 3.63) is 28.5 Å². The average molecular weight is 188 g/mol. The minimum absolute atomic E-state index is 0.306. The van der Waals surface area contributed by atoms with Gasteiger partial charge in [-0.05, 0) is 24.6 Å². The zero-order valence-electron chi connectivity index (χ0n) is 6.66. The molecule has 0 saturated heterocycles. The highest BCUT2D eigenvalue weighted by Crippen LogP contribution is 2.16. The largest absolute Gasteiger partial charge is 0.393 e. The first kappa shape index (κ1) is 9.45. The van der Waals surface area contributed by atoms with Crippen LogP contribution in [-0.2, 0) is 0 Å². The van der Waals surface area contributed by atoms with Crippen molar-refractivity contribution in [1.29, 1.82) is 0 Å². The van der Waals surface area contributed by atoms with Crippen molar-refractivity contribution in [2.45, 2.75) is 13.0 Å². The van der Waals surface area contributed by atoms with Gasteiger partial charge in [-0.3, -0.25) is 0 Å². The molecule has 3 nitrogen and oxygen atoms in total. The maximum Gasteiger partial charge on any atom is 0.129 e. The van der Waals surface area contributed by atoms with Gasteiger partial charge in [-0.15, -0.1) is 0 Å². The number of aliphatic hydroxyl groups excluding tert-OH is 2. The summed E-state index contributed by atoms with van der Waals surface area (Å²) in [5.41, 5.74) is 1.32. The molecule has 1 unspecified atom stereocenters. The Hall–Kier alpha value is -0.640.